The van der Waals surface area contributed by atoms with Gasteiger partial charge in [-0.15, -0.1) is 0 Å². The molecule has 0 aromatic heterocycles. The van der Waals surface area contributed by atoms with Crippen molar-refractivity contribution in [3.63, 3.8) is 0 Å². The Hall–Kier alpha value is -3.15. The molecule has 0 bridgehead atoms. The predicted octanol–water partition coefficient (Wildman–Crippen LogP) is 16.3. The molecule has 0 rings (SSSR count). The lowest BCUT2D eigenvalue weighted by molar-refractivity contribution is -0.167. The zero-order valence-electron chi connectivity index (χ0n) is 39.2. The van der Waals surface area contributed by atoms with Gasteiger partial charge >= 0.3 is 17.9 Å². The molecular formula is C54H92O6. The number of carbonyl (C=O) groups is 3. The van der Waals surface area contributed by atoms with Crippen molar-refractivity contribution in [2.75, 3.05) is 13.2 Å². The summed E-state index contributed by atoms with van der Waals surface area (Å²) < 4.78 is 16.7. The Morgan fingerprint density at radius 1 is 0.350 bits per heavy atom. The first kappa shape index (κ1) is 56.9. The molecule has 0 spiro atoms. The van der Waals surface area contributed by atoms with Gasteiger partial charge in [-0.1, -0.05) is 196 Å². The van der Waals surface area contributed by atoms with Crippen molar-refractivity contribution in [2.45, 2.75) is 239 Å². The van der Waals surface area contributed by atoms with Crippen LogP contribution in [0.4, 0.5) is 0 Å². The van der Waals surface area contributed by atoms with E-state index in [1.54, 1.807) is 0 Å². The average molecular weight is 837 g/mol. The fourth-order valence-corrected chi connectivity index (χ4v) is 6.70. The van der Waals surface area contributed by atoms with Crippen LogP contribution in [0.5, 0.6) is 0 Å². The van der Waals surface area contributed by atoms with Crippen LogP contribution in [0.3, 0.4) is 0 Å². The molecule has 6 heteroatoms. The molecule has 0 aromatic carbocycles. The van der Waals surface area contributed by atoms with Gasteiger partial charge in [-0.3, -0.25) is 14.4 Å². The minimum Gasteiger partial charge on any atom is -0.462 e. The molecule has 0 N–H and O–H groups in total. The highest BCUT2D eigenvalue weighted by Gasteiger charge is 2.19. The second kappa shape index (κ2) is 48.5. The van der Waals surface area contributed by atoms with Gasteiger partial charge in [-0.25, -0.2) is 0 Å². The Morgan fingerprint density at radius 2 is 0.650 bits per heavy atom. The molecule has 6 nitrogen and oxygen atoms in total. The van der Waals surface area contributed by atoms with Gasteiger partial charge in [0.1, 0.15) is 13.2 Å². The van der Waals surface area contributed by atoms with Crippen LogP contribution in [0.1, 0.15) is 233 Å². The molecule has 0 aliphatic carbocycles. The SMILES string of the molecule is CC/C=C\C/C=C\C/C=C\C/C=C\C/C=C\CCCCCCCC(=O)OCC(COC(=O)CCCCCCCC)OC(=O)CCCCCCC/C=C\CCCCCCCC. The maximum Gasteiger partial charge on any atom is 0.306 e. The third-order valence-electron chi connectivity index (χ3n) is 10.4. The van der Waals surface area contributed by atoms with Crippen LogP contribution < -0.4 is 0 Å². The van der Waals surface area contributed by atoms with Crippen molar-refractivity contribution < 1.29 is 28.6 Å². The van der Waals surface area contributed by atoms with Gasteiger partial charge < -0.3 is 14.2 Å². The zero-order valence-corrected chi connectivity index (χ0v) is 39.2. The quantitative estimate of drug-likeness (QED) is 0.0263. The largest absolute Gasteiger partial charge is 0.462 e. The number of ether oxygens (including phenoxy) is 3. The number of allylic oxidation sites excluding steroid dienone is 12. The molecule has 0 amide bonds. The lowest BCUT2D eigenvalue weighted by atomic mass is 10.1. The van der Waals surface area contributed by atoms with Crippen LogP contribution in [0.2, 0.25) is 0 Å². The third kappa shape index (κ3) is 45.9. The molecular weight excluding hydrogens is 745 g/mol. The highest BCUT2D eigenvalue weighted by atomic mass is 16.6. The molecule has 0 fully saturated rings. The number of carbonyl (C=O) groups excluding carboxylic acids is 3. The average Bonchev–Trinajstić information content (AvgIpc) is 3.24. The van der Waals surface area contributed by atoms with Crippen molar-refractivity contribution in [3.8, 4) is 0 Å². The predicted molar refractivity (Wildman–Crippen MR) is 256 cm³/mol. The van der Waals surface area contributed by atoms with E-state index in [2.05, 4.69) is 93.7 Å². The summed E-state index contributed by atoms with van der Waals surface area (Å²) in [4.78, 5) is 37.7. The Labute approximate surface area is 370 Å². The van der Waals surface area contributed by atoms with Crippen LogP contribution >= 0.6 is 0 Å². The number of hydrogen-bond acceptors (Lipinski definition) is 6. The maximum absolute atomic E-state index is 12.7. The highest BCUT2D eigenvalue weighted by molar-refractivity contribution is 5.71. The Bertz CT molecular complexity index is 1140. The second-order valence-electron chi connectivity index (χ2n) is 16.3. The summed E-state index contributed by atoms with van der Waals surface area (Å²) in [6.45, 7) is 6.43. The van der Waals surface area contributed by atoms with Gasteiger partial charge in [0, 0.05) is 19.3 Å². The normalized spacial score (nSPS) is 12.7. The molecule has 0 aliphatic heterocycles. The molecule has 0 saturated carbocycles. The van der Waals surface area contributed by atoms with Gasteiger partial charge in [0.25, 0.3) is 0 Å². The number of hydrogen-bond donors (Lipinski definition) is 0. The standard InChI is InChI=1S/C54H92O6/c1-4-7-10-13-16-18-20-22-24-25-26-27-28-29-31-32-34-36-38-41-44-47-53(56)59-50-51(49-58-52(55)46-43-40-15-12-9-6-3)60-54(57)48-45-42-39-37-35-33-30-23-21-19-17-14-11-8-5-2/h7,10,16,18,22-24,26-27,29-31,51H,4-6,8-9,11-15,17,19-21,25,28,32-50H2,1-3H3/b10-7-,18-16-,24-22-,27-26-,30-23-,31-29-. The van der Waals surface area contributed by atoms with E-state index in [9.17, 15) is 14.4 Å². The molecule has 0 radical (unpaired) electrons. The molecule has 0 aliphatic rings. The lowest BCUT2D eigenvalue weighted by Gasteiger charge is -2.18. The zero-order chi connectivity index (χ0) is 43.7. The van der Waals surface area contributed by atoms with Gasteiger partial charge in [0.2, 0.25) is 0 Å². The van der Waals surface area contributed by atoms with Crippen LogP contribution in [0.25, 0.3) is 0 Å². The van der Waals surface area contributed by atoms with Gasteiger partial charge in [0.05, 0.1) is 0 Å². The fourth-order valence-electron chi connectivity index (χ4n) is 6.70. The summed E-state index contributed by atoms with van der Waals surface area (Å²) >= 11 is 0. The molecule has 60 heavy (non-hydrogen) atoms. The summed E-state index contributed by atoms with van der Waals surface area (Å²) in [7, 11) is 0. The number of rotatable bonds is 44. The summed E-state index contributed by atoms with van der Waals surface area (Å²) in [6, 6.07) is 0. The maximum atomic E-state index is 12.7. The first-order chi connectivity index (χ1) is 29.5. The van der Waals surface area contributed by atoms with Crippen LogP contribution in [-0.4, -0.2) is 37.2 Å². The van der Waals surface area contributed by atoms with E-state index in [4.69, 9.17) is 14.2 Å². The minimum absolute atomic E-state index is 0.0854. The third-order valence-corrected chi connectivity index (χ3v) is 10.4. The van der Waals surface area contributed by atoms with E-state index in [-0.39, 0.29) is 31.1 Å². The van der Waals surface area contributed by atoms with E-state index in [1.807, 2.05) is 0 Å². The fraction of sp³-hybridized carbons (Fsp3) is 0.722. The molecule has 1 atom stereocenters. The topological polar surface area (TPSA) is 78.9 Å². The van der Waals surface area contributed by atoms with E-state index in [0.29, 0.717) is 19.3 Å². The first-order valence-corrected chi connectivity index (χ1v) is 24.9. The van der Waals surface area contributed by atoms with Crippen molar-refractivity contribution >= 4 is 17.9 Å². The van der Waals surface area contributed by atoms with Gasteiger partial charge in [-0.05, 0) is 89.9 Å². The van der Waals surface area contributed by atoms with Crippen molar-refractivity contribution in [1.82, 2.24) is 0 Å². The molecule has 0 aromatic rings. The molecule has 344 valence electrons. The van der Waals surface area contributed by atoms with E-state index in [0.717, 1.165) is 122 Å². The van der Waals surface area contributed by atoms with Crippen molar-refractivity contribution in [1.29, 1.82) is 0 Å². The summed E-state index contributed by atoms with van der Waals surface area (Å²) in [5, 5.41) is 0. The molecule has 1 unspecified atom stereocenters. The van der Waals surface area contributed by atoms with Crippen molar-refractivity contribution in [3.05, 3.63) is 72.9 Å². The second-order valence-corrected chi connectivity index (χ2v) is 16.3. The summed E-state index contributed by atoms with van der Waals surface area (Å²) in [6.07, 6.45) is 60.5. The monoisotopic (exact) mass is 837 g/mol. The molecule has 0 saturated heterocycles. The Balaban J connectivity index is 4.27. The number of esters is 3. The molecule has 0 heterocycles. The minimum atomic E-state index is -0.783. The number of unbranched alkanes of at least 4 members (excludes halogenated alkanes) is 21. The van der Waals surface area contributed by atoms with E-state index < -0.39 is 6.10 Å². The lowest BCUT2D eigenvalue weighted by Crippen LogP contribution is -2.30. The van der Waals surface area contributed by atoms with Crippen LogP contribution in [0, 0.1) is 0 Å². The van der Waals surface area contributed by atoms with Crippen LogP contribution in [0.15, 0.2) is 72.9 Å². The van der Waals surface area contributed by atoms with Crippen molar-refractivity contribution in [2.24, 2.45) is 0 Å². The first-order valence-electron chi connectivity index (χ1n) is 24.9. The highest BCUT2D eigenvalue weighted by Crippen LogP contribution is 2.13. The Kier molecular flexibility index (Phi) is 46.0. The van der Waals surface area contributed by atoms with E-state index >= 15 is 0 Å². The van der Waals surface area contributed by atoms with Gasteiger partial charge in [0.15, 0.2) is 6.10 Å². The van der Waals surface area contributed by atoms with Crippen LogP contribution in [-0.2, 0) is 28.6 Å². The smallest absolute Gasteiger partial charge is 0.306 e. The summed E-state index contributed by atoms with van der Waals surface area (Å²) in [5.41, 5.74) is 0. The van der Waals surface area contributed by atoms with E-state index in [1.165, 1.54) is 70.6 Å². The summed E-state index contributed by atoms with van der Waals surface area (Å²) in [5.74, 6) is -0.924. The Morgan fingerprint density at radius 3 is 1.03 bits per heavy atom. The van der Waals surface area contributed by atoms with Gasteiger partial charge in [-0.2, -0.15) is 0 Å².